The summed E-state index contributed by atoms with van der Waals surface area (Å²) in [6.45, 7) is 6.78. The van der Waals surface area contributed by atoms with E-state index >= 15 is 0 Å². The fraction of sp³-hybridized carbons (Fsp3) is 0.375. The summed E-state index contributed by atoms with van der Waals surface area (Å²) in [7, 11) is 3.30. The van der Waals surface area contributed by atoms with Crippen LogP contribution in [0, 0.1) is 13.8 Å². The molecule has 4 aromatic carbocycles. The molecule has 9 heteroatoms. The maximum atomic E-state index is 12.3. The molecule has 260 valence electrons. The summed E-state index contributed by atoms with van der Waals surface area (Å²) in [6, 6.07) is 29.9. The number of likely N-dealkylation sites (tertiary alicyclic amines) is 1. The molecular formula is C40H47NO8. The second-order valence-electron chi connectivity index (χ2n) is 12.3. The third-order valence-electron chi connectivity index (χ3n) is 8.80. The first-order valence-electron chi connectivity index (χ1n) is 16.7. The van der Waals surface area contributed by atoms with Gasteiger partial charge in [0.25, 0.3) is 0 Å². The van der Waals surface area contributed by atoms with E-state index in [4.69, 9.17) is 28.4 Å². The van der Waals surface area contributed by atoms with E-state index in [2.05, 4.69) is 12.1 Å². The zero-order chi connectivity index (χ0) is 34.6. The highest BCUT2D eigenvalue weighted by molar-refractivity contribution is 5.65. The van der Waals surface area contributed by atoms with E-state index in [1.54, 1.807) is 14.2 Å². The van der Waals surface area contributed by atoms with Crippen LogP contribution < -0.4 is 14.2 Å². The first-order chi connectivity index (χ1) is 23.8. The van der Waals surface area contributed by atoms with Crippen LogP contribution in [0.5, 0.6) is 17.2 Å². The lowest BCUT2D eigenvalue weighted by Crippen LogP contribution is -2.54. The number of aryl methyl sites for hydroxylation is 2. The summed E-state index contributed by atoms with van der Waals surface area (Å²) in [5.74, 6) is 2.14. The number of benzene rings is 4. The van der Waals surface area contributed by atoms with Gasteiger partial charge in [-0.3, -0.25) is 0 Å². The summed E-state index contributed by atoms with van der Waals surface area (Å²) in [4.78, 5) is 13.7. The first-order valence-corrected chi connectivity index (χ1v) is 16.7. The predicted molar refractivity (Wildman–Crippen MR) is 188 cm³/mol. The maximum absolute atomic E-state index is 12.3. The first kappa shape index (κ1) is 35.7. The van der Waals surface area contributed by atoms with Gasteiger partial charge in [-0.2, -0.15) is 0 Å². The number of piperidine rings is 1. The molecule has 0 bridgehead atoms. The van der Waals surface area contributed by atoms with Crippen LogP contribution in [0.1, 0.15) is 45.7 Å². The molecule has 9 nitrogen and oxygen atoms in total. The Labute approximate surface area is 289 Å². The number of amides is 1. The minimum absolute atomic E-state index is 0.220. The average molecular weight is 670 g/mol. The van der Waals surface area contributed by atoms with Crippen molar-refractivity contribution >= 4 is 6.09 Å². The van der Waals surface area contributed by atoms with Crippen molar-refractivity contribution in [3.8, 4) is 17.2 Å². The van der Waals surface area contributed by atoms with Crippen LogP contribution in [-0.4, -0.2) is 68.8 Å². The predicted octanol–water partition coefficient (Wildman–Crippen LogP) is 7.55. The second kappa shape index (κ2) is 17.7. The van der Waals surface area contributed by atoms with Crippen LogP contribution in [0.4, 0.5) is 4.79 Å². The number of hydrogen-bond donors (Lipinski definition) is 1. The topological polar surface area (TPSA) is 95.9 Å². The van der Waals surface area contributed by atoms with Crippen molar-refractivity contribution in [2.24, 2.45) is 0 Å². The molecule has 2 atom stereocenters. The van der Waals surface area contributed by atoms with Gasteiger partial charge < -0.3 is 38.4 Å². The van der Waals surface area contributed by atoms with Crippen molar-refractivity contribution in [3.63, 3.8) is 0 Å². The van der Waals surface area contributed by atoms with Crippen molar-refractivity contribution in [2.75, 3.05) is 40.5 Å². The Kier molecular flexibility index (Phi) is 12.9. The molecular weight excluding hydrogens is 622 g/mol. The number of rotatable bonds is 16. The van der Waals surface area contributed by atoms with E-state index in [-0.39, 0.29) is 19.0 Å². The lowest BCUT2D eigenvalue weighted by atomic mass is 9.84. The molecule has 4 aromatic rings. The van der Waals surface area contributed by atoms with Gasteiger partial charge in [-0.25, -0.2) is 4.79 Å². The van der Waals surface area contributed by atoms with Gasteiger partial charge in [0.1, 0.15) is 17.2 Å². The number of methoxy groups -OCH3 is 2. The van der Waals surface area contributed by atoms with Gasteiger partial charge in [0.15, 0.2) is 0 Å². The lowest BCUT2D eigenvalue weighted by Gasteiger charge is -2.42. The molecule has 0 spiro atoms. The fourth-order valence-electron chi connectivity index (χ4n) is 6.24. The highest BCUT2D eigenvalue weighted by Crippen LogP contribution is 2.35. The summed E-state index contributed by atoms with van der Waals surface area (Å²) in [5.41, 5.74) is 6.11. The van der Waals surface area contributed by atoms with Crippen LogP contribution in [0.15, 0.2) is 91.0 Å². The van der Waals surface area contributed by atoms with Gasteiger partial charge in [0.2, 0.25) is 0 Å². The highest BCUT2D eigenvalue weighted by Gasteiger charge is 2.41. The van der Waals surface area contributed by atoms with Crippen LogP contribution in [0.2, 0.25) is 0 Å². The Morgan fingerprint density at radius 2 is 1.29 bits per heavy atom. The van der Waals surface area contributed by atoms with Crippen LogP contribution in [0.25, 0.3) is 0 Å². The Hall–Kier alpha value is -4.57. The molecule has 1 saturated heterocycles. The molecule has 49 heavy (non-hydrogen) atoms. The fourth-order valence-corrected chi connectivity index (χ4v) is 6.24. The molecule has 1 aliphatic rings. The van der Waals surface area contributed by atoms with Crippen molar-refractivity contribution in [3.05, 3.63) is 124 Å². The Balaban J connectivity index is 1.29. The number of hydrogen-bond acceptors (Lipinski definition) is 7. The number of carbonyl (C=O) groups is 1. The normalized spacial score (nSPS) is 17.5. The van der Waals surface area contributed by atoms with E-state index in [0.29, 0.717) is 33.0 Å². The molecule has 1 N–H and O–H groups in total. The quantitative estimate of drug-likeness (QED) is 0.122. The van der Waals surface area contributed by atoms with E-state index in [0.717, 1.165) is 57.1 Å². The molecule has 1 amide bonds. The maximum Gasteiger partial charge on any atom is 0.407 e. The van der Waals surface area contributed by atoms with Crippen LogP contribution in [0.3, 0.4) is 0 Å². The van der Waals surface area contributed by atoms with Crippen molar-refractivity contribution in [2.45, 2.75) is 58.2 Å². The van der Waals surface area contributed by atoms with Crippen LogP contribution >= 0.6 is 0 Å². The van der Waals surface area contributed by atoms with Gasteiger partial charge in [0, 0.05) is 12.3 Å². The monoisotopic (exact) mass is 669 g/mol. The molecule has 0 aliphatic carbocycles. The average Bonchev–Trinajstić information content (AvgIpc) is 3.12. The zero-order valence-electron chi connectivity index (χ0n) is 28.8. The van der Waals surface area contributed by atoms with E-state index in [9.17, 15) is 9.90 Å². The summed E-state index contributed by atoms with van der Waals surface area (Å²) >= 11 is 0. The highest BCUT2D eigenvalue weighted by atomic mass is 16.5. The molecule has 2 unspecified atom stereocenters. The molecule has 1 heterocycles. The van der Waals surface area contributed by atoms with E-state index in [1.165, 1.54) is 4.90 Å². The molecule has 5 rings (SSSR count). The minimum atomic E-state index is -1.00. The zero-order valence-corrected chi connectivity index (χ0v) is 28.8. The molecule has 0 radical (unpaired) electrons. The van der Waals surface area contributed by atoms with Gasteiger partial charge >= 0.3 is 6.09 Å². The number of carboxylic acid groups (broad SMARTS) is 1. The standard InChI is InChI=1S/C40H47NO8/c1-28-21-31(11-17-35(28)44-3)26-48-37-23-41(40(42)43)24-38(49-27-32-12-18-36(45-4)29(2)22-32)39(37)33-13-15-34(16-14-33)47-20-8-19-46-25-30-9-6-5-7-10-30/h5-7,9-18,21-22,37-39H,8,19-20,23-27H2,1-4H3,(H,42,43). The van der Waals surface area contributed by atoms with Crippen molar-refractivity contribution < 1.29 is 38.3 Å². The van der Waals surface area contributed by atoms with Crippen molar-refractivity contribution in [1.82, 2.24) is 4.90 Å². The summed E-state index contributed by atoms with van der Waals surface area (Å²) < 4.78 is 35.8. The van der Waals surface area contributed by atoms with Gasteiger partial charge in [-0.15, -0.1) is 0 Å². The SMILES string of the molecule is COc1ccc(COC2CN(C(=O)O)CC(OCc3ccc(OC)c(C)c3)C2c2ccc(OCCCOCc3ccccc3)cc2)cc1C. The van der Waals surface area contributed by atoms with Crippen molar-refractivity contribution in [1.29, 1.82) is 0 Å². The number of nitrogens with zero attached hydrogens (tertiary/aromatic N) is 1. The van der Waals surface area contributed by atoms with E-state index < -0.39 is 18.3 Å². The lowest BCUT2D eigenvalue weighted by molar-refractivity contribution is -0.0937. The molecule has 1 aliphatic heterocycles. The Bertz CT molecular complexity index is 1560. The summed E-state index contributed by atoms with van der Waals surface area (Å²) in [5, 5.41) is 10.1. The smallest absolute Gasteiger partial charge is 0.407 e. The third kappa shape index (κ3) is 9.98. The third-order valence-corrected chi connectivity index (χ3v) is 8.80. The minimum Gasteiger partial charge on any atom is -0.496 e. The Morgan fingerprint density at radius 1 is 0.714 bits per heavy atom. The molecule has 1 fully saturated rings. The van der Waals surface area contributed by atoms with Crippen LogP contribution in [-0.2, 0) is 34.0 Å². The van der Waals surface area contributed by atoms with Gasteiger partial charge in [-0.05, 0) is 71.5 Å². The summed E-state index contributed by atoms with van der Waals surface area (Å²) in [6.07, 6.45) is -1.14. The molecule has 0 saturated carbocycles. The second-order valence-corrected chi connectivity index (χ2v) is 12.3. The largest absolute Gasteiger partial charge is 0.496 e. The number of ether oxygens (including phenoxy) is 6. The van der Waals surface area contributed by atoms with Gasteiger partial charge in [-0.1, -0.05) is 66.7 Å². The van der Waals surface area contributed by atoms with E-state index in [1.807, 2.05) is 92.7 Å². The Morgan fingerprint density at radius 3 is 1.80 bits per heavy atom. The molecule has 0 aromatic heterocycles. The van der Waals surface area contributed by atoms with Gasteiger partial charge in [0.05, 0.1) is 72.6 Å².